The molecule has 1 saturated heterocycles. The van der Waals surface area contributed by atoms with Crippen molar-refractivity contribution < 1.29 is 24.2 Å². The van der Waals surface area contributed by atoms with Gasteiger partial charge in [0.25, 0.3) is 0 Å². The molecule has 114 valence electrons. The molecule has 4 atom stereocenters. The zero-order valence-electron chi connectivity index (χ0n) is 11.8. The molecule has 0 radical (unpaired) electrons. The number of methoxy groups -OCH3 is 1. The molecule has 7 heteroatoms. The summed E-state index contributed by atoms with van der Waals surface area (Å²) in [4.78, 5) is 23.3. The third-order valence-corrected chi connectivity index (χ3v) is 4.32. The maximum atomic E-state index is 12.0. The Kier molecular flexibility index (Phi) is 4.49. The summed E-state index contributed by atoms with van der Waals surface area (Å²) in [5.41, 5.74) is -1.08. The smallest absolute Gasteiger partial charge is 0.315 e. The van der Waals surface area contributed by atoms with Crippen LogP contribution < -0.4 is 10.6 Å². The molecule has 0 spiro atoms. The van der Waals surface area contributed by atoms with Crippen molar-refractivity contribution in [2.45, 2.75) is 44.4 Å². The minimum absolute atomic E-state index is 0.0154. The number of nitrogens with one attached hydrogen (secondary N) is 2. The summed E-state index contributed by atoms with van der Waals surface area (Å²) in [6.45, 7) is 1.91. The minimum atomic E-state index is -1.08. The molecule has 4 unspecified atom stereocenters. The van der Waals surface area contributed by atoms with Crippen LogP contribution in [0.15, 0.2) is 0 Å². The van der Waals surface area contributed by atoms with Gasteiger partial charge in [0.2, 0.25) is 0 Å². The Morgan fingerprint density at radius 2 is 2.10 bits per heavy atom. The van der Waals surface area contributed by atoms with E-state index in [1.807, 2.05) is 0 Å². The van der Waals surface area contributed by atoms with Crippen molar-refractivity contribution in [2.75, 3.05) is 20.3 Å². The Balaban J connectivity index is 1.90. The molecule has 2 aliphatic rings. The summed E-state index contributed by atoms with van der Waals surface area (Å²) in [7, 11) is 1.63. The number of carbonyl (C=O) groups is 2. The number of ether oxygens (including phenoxy) is 2. The Morgan fingerprint density at radius 1 is 1.35 bits per heavy atom. The largest absolute Gasteiger partial charge is 0.481 e. The van der Waals surface area contributed by atoms with Gasteiger partial charge in [-0.3, -0.25) is 4.79 Å². The molecule has 1 aliphatic carbocycles. The molecular weight excluding hydrogens is 264 g/mol. The monoisotopic (exact) mass is 286 g/mol. The van der Waals surface area contributed by atoms with E-state index in [0.717, 1.165) is 19.3 Å². The van der Waals surface area contributed by atoms with Crippen molar-refractivity contribution in [3.05, 3.63) is 0 Å². The molecule has 0 aromatic carbocycles. The van der Waals surface area contributed by atoms with Crippen molar-refractivity contribution >= 4 is 12.0 Å². The fourth-order valence-corrected chi connectivity index (χ4v) is 2.83. The Morgan fingerprint density at radius 3 is 2.75 bits per heavy atom. The lowest BCUT2D eigenvalue weighted by Gasteiger charge is -2.27. The van der Waals surface area contributed by atoms with Crippen LogP contribution in [-0.2, 0) is 14.3 Å². The highest BCUT2D eigenvalue weighted by molar-refractivity contribution is 5.79. The third-order valence-electron chi connectivity index (χ3n) is 4.32. The van der Waals surface area contributed by atoms with Crippen molar-refractivity contribution in [3.8, 4) is 0 Å². The van der Waals surface area contributed by atoms with E-state index in [1.54, 1.807) is 14.0 Å². The highest BCUT2D eigenvalue weighted by Gasteiger charge is 2.47. The van der Waals surface area contributed by atoms with Gasteiger partial charge in [-0.2, -0.15) is 0 Å². The van der Waals surface area contributed by atoms with Gasteiger partial charge in [-0.25, -0.2) is 4.79 Å². The maximum Gasteiger partial charge on any atom is 0.315 e. The van der Waals surface area contributed by atoms with Crippen LogP contribution in [-0.4, -0.2) is 55.6 Å². The van der Waals surface area contributed by atoms with Crippen molar-refractivity contribution in [1.29, 1.82) is 0 Å². The number of carbonyl (C=O) groups excluding carboxylic acids is 1. The van der Waals surface area contributed by atoms with Crippen LogP contribution >= 0.6 is 0 Å². The molecule has 3 N–H and O–H groups in total. The molecule has 2 rings (SSSR count). The Hall–Kier alpha value is -1.34. The number of urea groups is 1. The highest BCUT2D eigenvalue weighted by atomic mass is 16.5. The molecule has 2 amide bonds. The van der Waals surface area contributed by atoms with Gasteiger partial charge in [-0.1, -0.05) is 0 Å². The van der Waals surface area contributed by atoms with E-state index in [4.69, 9.17) is 9.47 Å². The van der Waals surface area contributed by atoms with Gasteiger partial charge in [0, 0.05) is 7.11 Å². The van der Waals surface area contributed by atoms with Gasteiger partial charge in [0.1, 0.15) is 5.41 Å². The van der Waals surface area contributed by atoms with Gasteiger partial charge < -0.3 is 25.2 Å². The van der Waals surface area contributed by atoms with E-state index < -0.39 is 17.4 Å². The summed E-state index contributed by atoms with van der Waals surface area (Å²) in [5.74, 6) is -0.962. The van der Waals surface area contributed by atoms with Crippen LogP contribution in [0.1, 0.15) is 26.2 Å². The molecule has 7 nitrogen and oxygen atoms in total. The van der Waals surface area contributed by atoms with E-state index >= 15 is 0 Å². The van der Waals surface area contributed by atoms with Gasteiger partial charge in [0.05, 0.1) is 31.4 Å². The molecule has 1 heterocycles. The number of carboxylic acids is 1. The van der Waals surface area contributed by atoms with Crippen LogP contribution in [0.25, 0.3) is 0 Å². The van der Waals surface area contributed by atoms with E-state index in [0.29, 0.717) is 0 Å². The lowest BCUT2D eigenvalue weighted by atomic mass is 9.85. The average Bonchev–Trinajstić information content (AvgIpc) is 2.98. The second-order valence-corrected chi connectivity index (χ2v) is 5.72. The quantitative estimate of drug-likeness (QED) is 0.692. The van der Waals surface area contributed by atoms with Gasteiger partial charge in [0.15, 0.2) is 0 Å². The van der Waals surface area contributed by atoms with E-state index in [1.165, 1.54) is 0 Å². The summed E-state index contributed by atoms with van der Waals surface area (Å²) < 4.78 is 10.5. The first kappa shape index (κ1) is 15.1. The van der Waals surface area contributed by atoms with Crippen LogP contribution in [0.3, 0.4) is 0 Å². The van der Waals surface area contributed by atoms with E-state index in [2.05, 4.69) is 10.6 Å². The van der Waals surface area contributed by atoms with Crippen LogP contribution in [0.4, 0.5) is 4.79 Å². The van der Waals surface area contributed by atoms with Crippen molar-refractivity contribution in [3.63, 3.8) is 0 Å². The summed E-state index contributed by atoms with van der Waals surface area (Å²) in [6, 6.07) is -0.900. The van der Waals surface area contributed by atoms with Crippen LogP contribution in [0, 0.1) is 5.41 Å². The topological polar surface area (TPSA) is 96.9 Å². The summed E-state index contributed by atoms with van der Waals surface area (Å²) in [6.07, 6.45) is 2.86. The fraction of sp³-hybridized carbons (Fsp3) is 0.846. The average molecular weight is 286 g/mol. The second-order valence-electron chi connectivity index (χ2n) is 5.72. The lowest BCUT2D eigenvalue weighted by molar-refractivity contribution is -0.148. The first-order valence-electron chi connectivity index (χ1n) is 6.88. The normalized spacial score (nSPS) is 36.8. The first-order valence-corrected chi connectivity index (χ1v) is 6.88. The zero-order chi connectivity index (χ0) is 14.8. The molecule has 2 fully saturated rings. The van der Waals surface area contributed by atoms with Crippen LogP contribution in [0.5, 0.6) is 0 Å². The summed E-state index contributed by atoms with van der Waals surface area (Å²) >= 11 is 0. The first-order chi connectivity index (χ1) is 9.47. The molecule has 20 heavy (non-hydrogen) atoms. The number of amides is 2. The van der Waals surface area contributed by atoms with Crippen LogP contribution in [0.2, 0.25) is 0 Å². The number of carboxylic acid groups (broad SMARTS) is 1. The van der Waals surface area contributed by atoms with Gasteiger partial charge >= 0.3 is 12.0 Å². The highest BCUT2D eigenvalue weighted by Crippen LogP contribution is 2.28. The minimum Gasteiger partial charge on any atom is -0.481 e. The summed E-state index contributed by atoms with van der Waals surface area (Å²) in [5, 5.41) is 14.8. The fourth-order valence-electron chi connectivity index (χ4n) is 2.83. The molecule has 0 aromatic heterocycles. The second kappa shape index (κ2) is 5.97. The molecular formula is C13H22N2O5. The van der Waals surface area contributed by atoms with E-state index in [9.17, 15) is 14.7 Å². The SMILES string of the molecule is COC1CCCC1NC(=O)NC1COCC1(C)C(=O)O. The molecule has 1 aliphatic heterocycles. The maximum absolute atomic E-state index is 12.0. The molecule has 0 bridgehead atoms. The Labute approximate surface area is 118 Å². The number of aliphatic carboxylic acids is 1. The molecule has 0 aromatic rings. The predicted octanol–water partition coefficient (Wildman–Crippen LogP) is 0.343. The predicted molar refractivity (Wildman–Crippen MR) is 70.5 cm³/mol. The standard InChI is InChI=1S/C13H22N2O5/c1-13(11(16)17)7-20-6-10(13)15-12(18)14-8-4-3-5-9(8)19-2/h8-10H,3-7H2,1-2H3,(H,16,17)(H2,14,15,18). The number of rotatable bonds is 4. The number of hydrogen-bond donors (Lipinski definition) is 3. The van der Waals surface area contributed by atoms with Gasteiger partial charge in [-0.05, 0) is 26.2 Å². The van der Waals surface area contributed by atoms with Gasteiger partial charge in [-0.15, -0.1) is 0 Å². The van der Waals surface area contributed by atoms with Crippen molar-refractivity contribution in [1.82, 2.24) is 10.6 Å². The van der Waals surface area contributed by atoms with Crippen molar-refractivity contribution in [2.24, 2.45) is 5.41 Å². The van der Waals surface area contributed by atoms with E-state index in [-0.39, 0.29) is 31.4 Å². The third kappa shape index (κ3) is 2.88. The Bertz CT molecular complexity index is 389. The molecule has 1 saturated carbocycles. The lowest BCUT2D eigenvalue weighted by Crippen LogP contribution is -2.54. The zero-order valence-corrected chi connectivity index (χ0v) is 11.8. The number of hydrogen-bond acceptors (Lipinski definition) is 4.